The number of hydrogen-bond acceptors (Lipinski definition) is 5. The van der Waals surface area contributed by atoms with Crippen LogP contribution in [-0.4, -0.2) is 39.3 Å². The molecule has 3 rings (SSSR count). The molecule has 0 fully saturated rings. The van der Waals surface area contributed by atoms with E-state index in [1.54, 1.807) is 38.3 Å². The van der Waals surface area contributed by atoms with Crippen molar-refractivity contribution >= 4 is 21.6 Å². The van der Waals surface area contributed by atoms with Crippen molar-refractivity contribution in [1.82, 2.24) is 5.32 Å². The molecule has 2 aromatic carbocycles. The number of carbonyl (C=O) groups excluding carboxylic acids is 1. The minimum Gasteiger partial charge on any atom is -0.497 e. The second-order valence-electron chi connectivity index (χ2n) is 8.35. The summed E-state index contributed by atoms with van der Waals surface area (Å²) in [6.07, 6.45) is 2.01. The fourth-order valence-corrected chi connectivity index (χ4v) is 5.20. The van der Waals surface area contributed by atoms with Gasteiger partial charge in [-0.2, -0.15) is 0 Å². The molecule has 31 heavy (non-hydrogen) atoms. The van der Waals surface area contributed by atoms with Crippen molar-refractivity contribution < 1.29 is 22.7 Å². The quantitative estimate of drug-likeness (QED) is 0.702. The van der Waals surface area contributed by atoms with E-state index < -0.39 is 21.7 Å². The number of benzene rings is 2. The average Bonchev–Trinajstić information content (AvgIpc) is 2.70. The van der Waals surface area contributed by atoms with Gasteiger partial charge in [-0.1, -0.05) is 25.1 Å². The van der Waals surface area contributed by atoms with E-state index in [0.29, 0.717) is 24.3 Å². The summed E-state index contributed by atoms with van der Waals surface area (Å²) in [5.74, 6) is 0.990. The Labute approximate surface area is 184 Å². The maximum absolute atomic E-state index is 13.4. The molecule has 8 heteroatoms. The number of para-hydroxylation sites is 1. The maximum atomic E-state index is 13.4. The van der Waals surface area contributed by atoms with E-state index in [4.69, 9.17) is 9.47 Å². The third-order valence-corrected chi connectivity index (χ3v) is 6.53. The number of nitrogens with zero attached hydrogens (tertiary/aromatic N) is 1. The minimum atomic E-state index is -3.71. The van der Waals surface area contributed by atoms with Crippen LogP contribution >= 0.6 is 0 Å². The Balaban J connectivity index is 1.92. The molecule has 1 aliphatic heterocycles. The first-order valence-corrected chi connectivity index (χ1v) is 12.1. The number of fused-ring (bicyclic) bond motifs is 1. The molecule has 1 heterocycles. The van der Waals surface area contributed by atoms with Gasteiger partial charge >= 0.3 is 0 Å². The number of anilines is 1. The normalized spacial score (nSPS) is 18.3. The summed E-state index contributed by atoms with van der Waals surface area (Å²) in [6, 6.07) is 13.1. The Hall–Kier alpha value is -2.74. The van der Waals surface area contributed by atoms with Crippen LogP contribution in [0.2, 0.25) is 0 Å². The summed E-state index contributed by atoms with van der Waals surface area (Å²) in [5, 5.41) is 3.08. The summed E-state index contributed by atoms with van der Waals surface area (Å²) in [5.41, 5.74) is 0.846. The van der Waals surface area contributed by atoms with Crippen molar-refractivity contribution in [3.05, 3.63) is 54.1 Å². The lowest BCUT2D eigenvalue weighted by atomic mass is 9.89. The molecule has 0 aromatic heterocycles. The molecule has 0 spiro atoms. The molecule has 0 saturated heterocycles. The number of nitrogens with one attached hydrogen (secondary N) is 1. The molecule has 0 aliphatic carbocycles. The molecule has 2 aromatic rings. The zero-order valence-electron chi connectivity index (χ0n) is 18.6. The highest BCUT2D eigenvalue weighted by Gasteiger charge is 2.37. The first-order valence-electron chi connectivity index (χ1n) is 10.3. The first kappa shape index (κ1) is 22.9. The maximum Gasteiger partial charge on any atom is 0.244 e. The third-order valence-electron chi connectivity index (χ3n) is 5.35. The molecule has 2 unspecified atom stereocenters. The number of amides is 1. The lowest BCUT2D eigenvalue weighted by molar-refractivity contribution is -0.123. The van der Waals surface area contributed by atoms with Gasteiger partial charge in [-0.3, -0.25) is 9.10 Å². The molecule has 168 valence electrons. The van der Waals surface area contributed by atoms with Crippen LogP contribution in [-0.2, 0) is 14.8 Å². The van der Waals surface area contributed by atoms with Crippen molar-refractivity contribution in [2.75, 3.05) is 17.7 Å². The molecule has 0 saturated carbocycles. The Morgan fingerprint density at radius 3 is 2.45 bits per heavy atom. The Morgan fingerprint density at radius 1 is 1.23 bits per heavy atom. The monoisotopic (exact) mass is 446 g/mol. The van der Waals surface area contributed by atoms with Crippen LogP contribution in [0.5, 0.6) is 11.5 Å². The number of methoxy groups -OCH3 is 1. The van der Waals surface area contributed by atoms with Crippen molar-refractivity contribution in [2.45, 2.75) is 51.3 Å². The van der Waals surface area contributed by atoms with E-state index in [-0.39, 0.29) is 11.9 Å². The Kier molecular flexibility index (Phi) is 6.50. The lowest BCUT2D eigenvalue weighted by Gasteiger charge is -2.39. The number of ether oxygens (including phenoxy) is 2. The topological polar surface area (TPSA) is 84.9 Å². The molecule has 0 radical (unpaired) electrons. The lowest BCUT2D eigenvalue weighted by Crippen LogP contribution is -2.51. The van der Waals surface area contributed by atoms with Crippen LogP contribution in [0.3, 0.4) is 0 Å². The van der Waals surface area contributed by atoms with Crippen molar-refractivity contribution in [1.29, 1.82) is 0 Å². The SMILES string of the molecule is CCC(C(=O)NC1CC(C)(C)Oc2ccccc21)N(c1ccc(OC)cc1)S(C)(=O)=O. The molecule has 0 bridgehead atoms. The highest BCUT2D eigenvalue weighted by atomic mass is 32.2. The largest absolute Gasteiger partial charge is 0.497 e. The molecular formula is C23H30N2O5S. The predicted octanol–water partition coefficient (Wildman–Crippen LogP) is 3.66. The van der Waals surface area contributed by atoms with Crippen LogP contribution in [0.1, 0.15) is 45.2 Å². The second kappa shape index (κ2) is 8.78. The van der Waals surface area contributed by atoms with Gasteiger partial charge in [0.1, 0.15) is 23.1 Å². The fraction of sp³-hybridized carbons (Fsp3) is 0.435. The second-order valence-corrected chi connectivity index (χ2v) is 10.2. The van der Waals surface area contributed by atoms with Gasteiger partial charge in [0.25, 0.3) is 0 Å². The minimum absolute atomic E-state index is 0.279. The van der Waals surface area contributed by atoms with Crippen molar-refractivity contribution in [3.63, 3.8) is 0 Å². The van der Waals surface area contributed by atoms with Gasteiger partial charge in [-0.05, 0) is 50.6 Å². The average molecular weight is 447 g/mol. The van der Waals surface area contributed by atoms with Crippen molar-refractivity contribution in [3.8, 4) is 11.5 Å². The standard InChI is InChI=1S/C23H30N2O5S/c1-6-20(25(31(5,27)28)16-11-13-17(29-4)14-12-16)22(26)24-19-15-23(2,3)30-21-10-8-7-9-18(19)21/h7-14,19-20H,6,15H2,1-5H3,(H,24,26). The summed E-state index contributed by atoms with van der Waals surface area (Å²) < 4.78 is 37.7. The first-order chi connectivity index (χ1) is 14.6. The molecule has 2 atom stereocenters. The zero-order valence-corrected chi connectivity index (χ0v) is 19.4. The van der Waals surface area contributed by atoms with E-state index in [0.717, 1.165) is 17.6 Å². The van der Waals surface area contributed by atoms with Crippen molar-refractivity contribution in [2.24, 2.45) is 0 Å². The van der Waals surface area contributed by atoms with Gasteiger partial charge in [0.15, 0.2) is 0 Å². The van der Waals surface area contributed by atoms with E-state index >= 15 is 0 Å². The summed E-state index contributed by atoms with van der Waals surface area (Å²) in [7, 11) is -2.17. The molecule has 1 aliphatic rings. The van der Waals surface area contributed by atoms with Crippen LogP contribution < -0.4 is 19.1 Å². The zero-order chi connectivity index (χ0) is 22.8. The number of hydrogen-bond donors (Lipinski definition) is 1. The molecular weight excluding hydrogens is 416 g/mol. The number of rotatable bonds is 7. The van der Waals surface area contributed by atoms with Gasteiger partial charge in [0, 0.05) is 12.0 Å². The fourth-order valence-electron chi connectivity index (χ4n) is 3.99. The highest BCUT2D eigenvalue weighted by Crippen LogP contribution is 2.39. The Morgan fingerprint density at radius 2 is 1.87 bits per heavy atom. The van der Waals surface area contributed by atoms with Gasteiger partial charge in [0.2, 0.25) is 15.9 Å². The summed E-state index contributed by atoms with van der Waals surface area (Å²) >= 11 is 0. The highest BCUT2D eigenvalue weighted by molar-refractivity contribution is 7.92. The van der Waals surface area contributed by atoms with E-state index in [2.05, 4.69) is 5.32 Å². The van der Waals surface area contributed by atoms with Crippen LogP contribution in [0.4, 0.5) is 5.69 Å². The third kappa shape index (κ3) is 5.12. The van der Waals surface area contributed by atoms with Gasteiger partial charge < -0.3 is 14.8 Å². The van der Waals surface area contributed by atoms with Gasteiger partial charge in [-0.15, -0.1) is 0 Å². The van der Waals surface area contributed by atoms with Gasteiger partial charge in [0.05, 0.1) is 25.1 Å². The molecule has 7 nitrogen and oxygen atoms in total. The van der Waals surface area contributed by atoms with E-state index in [1.165, 1.54) is 4.31 Å². The smallest absolute Gasteiger partial charge is 0.244 e. The summed E-state index contributed by atoms with van der Waals surface area (Å²) in [6.45, 7) is 5.74. The van der Waals surface area contributed by atoms with Crippen LogP contribution in [0.25, 0.3) is 0 Å². The molecule has 1 amide bonds. The summed E-state index contributed by atoms with van der Waals surface area (Å²) in [4.78, 5) is 13.4. The van der Waals surface area contributed by atoms with E-state index in [1.807, 2.05) is 38.1 Å². The van der Waals surface area contributed by atoms with E-state index in [9.17, 15) is 13.2 Å². The van der Waals surface area contributed by atoms with Gasteiger partial charge in [-0.25, -0.2) is 8.42 Å². The number of sulfonamides is 1. The molecule has 1 N–H and O–H groups in total. The van der Waals surface area contributed by atoms with Crippen LogP contribution in [0.15, 0.2) is 48.5 Å². The number of carbonyl (C=O) groups is 1. The predicted molar refractivity (Wildman–Crippen MR) is 121 cm³/mol. The Bertz CT molecular complexity index is 1030. The van der Waals surface area contributed by atoms with Crippen LogP contribution in [0, 0.1) is 0 Å².